The minimum Gasteiger partial charge on any atom is -0.379 e. The third-order valence-electron chi connectivity index (χ3n) is 2.99. The molecule has 3 nitrogen and oxygen atoms in total. The SMILES string of the molecule is CC(Cc1ccc(Br)nc1)N1CCOCC1. The lowest BCUT2D eigenvalue weighted by molar-refractivity contribution is 0.0203. The van der Waals surface area contributed by atoms with Gasteiger partial charge in [0.15, 0.2) is 0 Å². The Hall–Kier alpha value is -0.450. The molecule has 16 heavy (non-hydrogen) atoms. The van der Waals surface area contributed by atoms with Crippen LogP contribution in [0.3, 0.4) is 0 Å². The van der Waals surface area contributed by atoms with Crippen molar-refractivity contribution in [1.29, 1.82) is 0 Å². The van der Waals surface area contributed by atoms with Crippen LogP contribution in [0.15, 0.2) is 22.9 Å². The normalized spacial score (nSPS) is 19.6. The van der Waals surface area contributed by atoms with E-state index in [-0.39, 0.29) is 0 Å². The maximum absolute atomic E-state index is 5.36. The van der Waals surface area contributed by atoms with Crippen LogP contribution in [0.4, 0.5) is 0 Å². The van der Waals surface area contributed by atoms with E-state index in [0.717, 1.165) is 37.3 Å². The average Bonchev–Trinajstić information content (AvgIpc) is 2.33. The third kappa shape index (κ3) is 3.27. The predicted octanol–water partition coefficient (Wildman–Crippen LogP) is 2.11. The Morgan fingerprint density at radius 1 is 1.44 bits per heavy atom. The first-order valence-electron chi connectivity index (χ1n) is 5.68. The number of aromatic nitrogens is 1. The molecule has 0 N–H and O–H groups in total. The fourth-order valence-corrected chi connectivity index (χ4v) is 2.25. The van der Waals surface area contributed by atoms with Gasteiger partial charge in [-0.1, -0.05) is 6.07 Å². The van der Waals surface area contributed by atoms with Crippen molar-refractivity contribution in [3.63, 3.8) is 0 Å². The van der Waals surface area contributed by atoms with Gasteiger partial charge in [0.25, 0.3) is 0 Å². The van der Waals surface area contributed by atoms with Crippen molar-refractivity contribution >= 4 is 15.9 Å². The second kappa shape index (κ2) is 5.75. The number of hydrogen-bond donors (Lipinski definition) is 0. The average molecular weight is 285 g/mol. The maximum Gasteiger partial charge on any atom is 0.106 e. The molecule has 0 aliphatic carbocycles. The molecule has 0 bridgehead atoms. The summed E-state index contributed by atoms with van der Waals surface area (Å²) in [5, 5.41) is 0. The topological polar surface area (TPSA) is 25.4 Å². The van der Waals surface area contributed by atoms with Crippen LogP contribution in [0.5, 0.6) is 0 Å². The van der Waals surface area contributed by atoms with Crippen LogP contribution in [0, 0.1) is 0 Å². The number of hydrogen-bond acceptors (Lipinski definition) is 3. The molecule has 1 aromatic rings. The molecule has 1 saturated heterocycles. The summed E-state index contributed by atoms with van der Waals surface area (Å²) in [4.78, 5) is 6.73. The molecule has 2 rings (SSSR count). The Kier molecular flexibility index (Phi) is 4.32. The van der Waals surface area contributed by atoms with E-state index in [1.54, 1.807) is 0 Å². The summed E-state index contributed by atoms with van der Waals surface area (Å²) in [5.41, 5.74) is 1.29. The van der Waals surface area contributed by atoms with Gasteiger partial charge in [0.2, 0.25) is 0 Å². The van der Waals surface area contributed by atoms with Crippen LogP contribution < -0.4 is 0 Å². The Bertz CT molecular complexity index is 322. The monoisotopic (exact) mass is 284 g/mol. The van der Waals surface area contributed by atoms with E-state index in [9.17, 15) is 0 Å². The highest BCUT2D eigenvalue weighted by molar-refractivity contribution is 9.10. The fourth-order valence-electron chi connectivity index (χ4n) is 2.02. The van der Waals surface area contributed by atoms with E-state index in [0.29, 0.717) is 6.04 Å². The van der Waals surface area contributed by atoms with E-state index >= 15 is 0 Å². The van der Waals surface area contributed by atoms with Crippen molar-refractivity contribution in [2.24, 2.45) is 0 Å². The Labute approximate surface area is 105 Å². The Balaban J connectivity index is 1.90. The maximum atomic E-state index is 5.36. The number of nitrogens with zero attached hydrogens (tertiary/aromatic N) is 2. The molecule has 1 unspecified atom stereocenters. The summed E-state index contributed by atoms with van der Waals surface area (Å²) in [6.45, 7) is 6.09. The first-order valence-corrected chi connectivity index (χ1v) is 6.47. The molecular formula is C12H17BrN2O. The highest BCUT2D eigenvalue weighted by Gasteiger charge is 2.17. The van der Waals surface area contributed by atoms with Crippen molar-refractivity contribution in [1.82, 2.24) is 9.88 Å². The lowest BCUT2D eigenvalue weighted by atomic mass is 10.1. The Morgan fingerprint density at radius 3 is 2.81 bits per heavy atom. The molecule has 1 aromatic heterocycles. The zero-order valence-corrected chi connectivity index (χ0v) is 11.1. The third-order valence-corrected chi connectivity index (χ3v) is 3.46. The van der Waals surface area contributed by atoms with Crippen molar-refractivity contribution in [2.45, 2.75) is 19.4 Å². The van der Waals surface area contributed by atoms with Gasteiger partial charge in [-0.25, -0.2) is 4.98 Å². The van der Waals surface area contributed by atoms with E-state index in [1.807, 2.05) is 12.3 Å². The zero-order valence-electron chi connectivity index (χ0n) is 9.53. The summed E-state index contributed by atoms with van der Waals surface area (Å²) in [6.07, 6.45) is 3.00. The minimum atomic E-state index is 0.562. The van der Waals surface area contributed by atoms with Crippen molar-refractivity contribution in [3.8, 4) is 0 Å². The fraction of sp³-hybridized carbons (Fsp3) is 0.583. The molecule has 0 radical (unpaired) electrons. The predicted molar refractivity (Wildman–Crippen MR) is 67.5 cm³/mol. The molecule has 2 heterocycles. The summed E-state index contributed by atoms with van der Waals surface area (Å²) in [7, 11) is 0. The van der Waals surface area contributed by atoms with Gasteiger partial charge in [-0.05, 0) is 40.9 Å². The zero-order chi connectivity index (χ0) is 11.4. The molecule has 1 aliphatic rings. The van der Waals surface area contributed by atoms with Gasteiger partial charge >= 0.3 is 0 Å². The first-order chi connectivity index (χ1) is 7.75. The highest BCUT2D eigenvalue weighted by atomic mass is 79.9. The Morgan fingerprint density at radius 2 is 2.19 bits per heavy atom. The summed E-state index contributed by atoms with van der Waals surface area (Å²) >= 11 is 3.35. The quantitative estimate of drug-likeness (QED) is 0.795. The lowest BCUT2D eigenvalue weighted by Crippen LogP contribution is -2.43. The van der Waals surface area contributed by atoms with Gasteiger partial charge in [0, 0.05) is 25.3 Å². The molecule has 0 amide bonds. The summed E-state index contributed by atoms with van der Waals surface area (Å²) < 4.78 is 6.25. The van der Waals surface area contributed by atoms with Gasteiger partial charge in [-0.3, -0.25) is 4.90 Å². The smallest absolute Gasteiger partial charge is 0.106 e. The number of morpholine rings is 1. The first kappa shape index (κ1) is 12.0. The van der Waals surface area contributed by atoms with Crippen LogP contribution in [0.2, 0.25) is 0 Å². The standard InChI is InChI=1S/C12H17BrN2O/c1-10(15-4-6-16-7-5-15)8-11-2-3-12(13)14-9-11/h2-3,9-10H,4-8H2,1H3. The van der Waals surface area contributed by atoms with Crippen molar-refractivity contribution < 1.29 is 4.74 Å². The van der Waals surface area contributed by atoms with Crippen LogP contribution >= 0.6 is 15.9 Å². The molecule has 0 spiro atoms. The molecule has 1 atom stereocenters. The van der Waals surface area contributed by atoms with Gasteiger partial charge in [-0.15, -0.1) is 0 Å². The van der Waals surface area contributed by atoms with Gasteiger partial charge in [-0.2, -0.15) is 0 Å². The number of rotatable bonds is 3. The highest BCUT2D eigenvalue weighted by Crippen LogP contribution is 2.12. The second-order valence-electron chi connectivity index (χ2n) is 4.19. The molecule has 1 aliphatic heterocycles. The lowest BCUT2D eigenvalue weighted by Gasteiger charge is -2.32. The van der Waals surface area contributed by atoms with Crippen molar-refractivity contribution in [2.75, 3.05) is 26.3 Å². The van der Waals surface area contributed by atoms with E-state index < -0.39 is 0 Å². The van der Waals surface area contributed by atoms with Crippen LogP contribution in [0.1, 0.15) is 12.5 Å². The second-order valence-corrected chi connectivity index (χ2v) is 5.00. The molecule has 1 fully saturated rings. The molecule has 0 saturated carbocycles. The number of halogens is 1. The number of pyridine rings is 1. The van der Waals surface area contributed by atoms with Crippen LogP contribution in [-0.2, 0) is 11.2 Å². The van der Waals surface area contributed by atoms with Gasteiger partial charge in [0.1, 0.15) is 4.60 Å². The number of ether oxygens (including phenoxy) is 1. The molecule has 0 aromatic carbocycles. The van der Waals surface area contributed by atoms with Gasteiger partial charge < -0.3 is 4.74 Å². The van der Waals surface area contributed by atoms with Crippen LogP contribution in [0.25, 0.3) is 0 Å². The largest absolute Gasteiger partial charge is 0.379 e. The van der Waals surface area contributed by atoms with Crippen LogP contribution in [-0.4, -0.2) is 42.2 Å². The van der Waals surface area contributed by atoms with Crippen molar-refractivity contribution in [3.05, 3.63) is 28.5 Å². The molecule has 88 valence electrons. The van der Waals surface area contributed by atoms with Gasteiger partial charge in [0.05, 0.1) is 13.2 Å². The van der Waals surface area contributed by atoms with E-state index in [1.165, 1.54) is 5.56 Å². The van der Waals surface area contributed by atoms with E-state index in [2.05, 4.69) is 38.8 Å². The molecular weight excluding hydrogens is 268 g/mol. The summed E-state index contributed by atoms with van der Waals surface area (Å²) in [6, 6.07) is 4.70. The minimum absolute atomic E-state index is 0.562. The molecule has 4 heteroatoms. The van der Waals surface area contributed by atoms with E-state index in [4.69, 9.17) is 4.74 Å². The summed E-state index contributed by atoms with van der Waals surface area (Å²) in [5.74, 6) is 0.